The molecular formula is C17H18O7S. The Bertz CT molecular complexity index is 759. The van der Waals surface area contributed by atoms with E-state index in [0.29, 0.717) is 0 Å². The highest BCUT2D eigenvalue weighted by molar-refractivity contribution is 7.89. The lowest BCUT2D eigenvalue weighted by molar-refractivity contribution is -0.135. The second kappa shape index (κ2) is 11.4. The lowest BCUT2D eigenvalue weighted by Crippen LogP contribution is -2.01. The van der Waals surface area contributed by atoms with E-state index >= 15 is 0 Å². The van der Waals surface area contributed by atoms with E-state index < -0.39 is 22.1 Å². The number of rotatable bonds is 7. The van der Waals surface area contributed by atoms with Crippen LogP contribution in [0.3, 0.4) is 0 Å². The molecule has 0 aliphatic rings. The second-order valence-electron chi connectivity index (χ2n) is 4.16. The van der Waals surface area contributed by atoms with Gasteiger partial charge in [0.15, 0.2) is 0 Å². The van der Waals surface area contributed by atoms with E-state index in [1.165, 1.54) is 13.2 Å². The Morgan fingerprint density at radius 1 is 1.16 bits per heavy atom. The topological polar surface area (TPSA) is 107 Å². The number of carboxylic acids is 1. The highest BCUT2D eigenvalue weighted by atomic mass is 32.2. The van der Waals surface area contributed by atoms with Crippen molar-refractivity contribution in [3.63, 3.8) is 0 Å². The Labute approximate surface area is 146 Å². The number of esters is 1. The monoisotopic (exact) mass is 366 g/mol. The van der Waals surface area contributed by atoms with E-state index in [4.69, 9.17) is 5.11 Å². The van der Waals surface area contributed by atoms with Crippen LogP contribution >= 0.6 is 0 Å². The third-order valence-corrected chi connectivity index (χ3v) is 3.18. The molecule has 0 unspecified atom stereocenters. The Balaban J connectivity index is 0.000000477. The summed E-state index contributed by atoms with van der Waals surface area (Å²) in [5, 5.41) is 9.13. The van der Waals surface area contributed by atoms with Gasteiger partial charge in [0.1, 0.15) is 0 Å². The number of ether oxygens (including phenoxy) is 1. The number of benzene rings is 1. The van der Waals surface area contributed by atoms with Crippen LogP contribution in [0.1, 0.15) is 5.56 Å². The van der Waals surface area contributed by atoms with E-state index in [1.54, 1.807) is 12.1 Å². The smallest absolute Gasteiger partial charge is 0.337 e. The zero-order chi connectivity index (χ0) is 19.3. The summed E-state index contributed by atoms with van der Waals surface area (Å²) in [7, 11) is -2.43. The molecule has 0 amide bonds. The fourth-order valence-electron chi connectivity index (χ4n) is 1.22. The van der Waals surface area contributed by atoms with Gasteiger partial charge in [0.05, 0.1) is 24.4 Å². The number of carboxylic acid groups (broad SMARTS) is 1. The molecule has 1 aromatic rings. The first-order chi connectivity index (χ1) is 11.7. The average Bonchev–Trinajstić information content (AvgIpc) is 2.58. The molecule has 25 heavy (non-hydrogen) atoms. The molecular weight excluding hydrogens is 348 g/mol. The van der Waals surface area contributed by atoms with Crippen LogP contribution in [-0.4, -0.2) is 32.6 Å². The molecule has 0 aliphatic heterocycles. The maximum Gasteiger partial charge on any atom is 0.337 e. The van der Waals surface area contributed by atoms with Gasteiger partial charge in [0.25, 0.3) is 0 Å². The minimum Gasteiger partial charge on any atom is -0.478 e. The van der Waals surface area contributed by atoms with Crippen molar-refractivity contribution in [3.05, 3.63) is 78.4 Å². The Hall–Kier alpha value is -3.13. The molecule has 0 aromatic heterocycles. The number of methoxy groups -OCH3 is 1. The van der Waals surface area contributed by atoms with Crippen molar-refractivity contribution in [2.75, 3.05) is 7.11 Å². The average molecular weight is 366 g/mol. The molecule has 8 heteroatoms. The van der Waals surface area contributed by atoms with Crippen LogP contribution in [-0.2, 0) is 28.6 Å². The number of carbonyl (C=O) groups is 2. The third kappa shape index (κ3) is 11.1. The van der Waals surface area contributed by atoms with Crippen LogP contribution in [0.5, 0.6) is 0 Å². The molecule has 0 bridgehead atoms. The zero-order valence-corrected chi connectivity index (χ0v) is 14.3. The molecule has 0 radical (unpaired) electrons. The molecule has 0 saturated heterocycles. The van der Waals surface area contributed by atoms with Gasteiger partial charge in [-0.25, -0.2) is 9.59 Å². The zero-order valence-electron chi connectivity index (χ0n) is 13.5. The van der Waals surface area contributed by atoms with Crippen molar-refractivity contribution < 1.29 is 32.0 Å². The van der Waals surface area contributed by atoms with Gasteiger partial charge in [-0.3, -0.25) is 0 Å². The van der Waals surface area contributed by atoms with Gasteiger partial charge in [-0.1, -0.05) is 43.5 Å². The van der Waals surface area contributed by atoms with Gasteiger partial charge >= 0.3 is 22.1 Å². The molecule has 134 valence electrons. The van der Waals surface area contributed by atoms with Gasteiger partial charge in [-0.05, 0) is 17.7 Å². The standard InChI is InChI=1S/C10H10O3S.C7H8O4/c1-2-13-14(11,12)9-8-10-6-4-3-5-7-10;1-5(7(10)11-2)3-4-6(8)9/h2-9H,1H2;3-4H,1H2,2H3,(H,8,9). The fraction of sp³-hybridized carbons (Fsp3) is 0.0588. The van der Waals surface area contributed by atoms with Crippen molar-refractivity contribution in [2.24, 2.45) is 0 Å². The minimum atomic E-state index is -3.63. The van der Waals surface area contributed by atoms with Gasteiger partial charge in [-0.15, -0.1) is 0 Å². The quantitative estimate of drug-likeness (QED) is 0.260. The van der Waals surface area contributed by atoms with E-state index in [9.17, 15) is 18.0 Å². The maximum absolute atomic E-state index is 11.0. The summed E-state index contributed by atoms with van der Waals surface area (Å²) in [6, 6.07) is 9.08. The number of aliphatic carboxylic acids is 1. The summed E-state index contributed by atoms with van der Waals surface area (Å²) in [4.78, 5) is 20.5. The first kappa shape index (κ1) is 21.9. The normalized spacial score (nSPS) is 10.6. The molecule has 0 atom stereocenters. The summed E-state index contributed by atoms with van der Waals surface area (Å²) in [5.74, 6) is -1.77. The van der Waals surface area contributed by atoms with Crippen LogP contribution in [0.4, 0.5) is 0 Å². The number of carbonyl (C=O) groups excluding carboxylic acids is 1. The Kier molecular flexibility index (Phi) is 9.98. The summed E-state index contributed by atoms with van der Waals surface area (Å²) < 4.78 is 30.6. The molecule has 0 heterocycles. The summed E-state index contributed by atoms with van der Waals surface area (Å²) in [5.41, 5.74) is 0.804. The molecule has 7 nitrogen and oxygen atoms in total. The molecule has 1 N–H and O–H groups in total. The Morgan fingerprint density at radius 3 is 2.24 bits per heavy atom. The van der Waals surface area contributed by atoms with Crippen molar-refractivity contribution in [1.82, 2.24) is 0 Å². The van der Waals surface area contributed by atoms with Crippen molar-refractivity contribution in [3.8, 4) is 0 Å². The van der Waals surface area contributed by atoms with Gasteiger partial charge in [-0.2, -0.15) is 8.42 Å². The van der Waals surface area contributed by atoms with E-state index in [1.807, 2.05) is 18.2 Å². The van der Waals surface area contributed by atoms with Crippen molar-refractivity contribution >= 4 is 28.1 Å². The molecule has 1 aromatic carbocycles. The third-order valence-electron chi connectivity index (χ3n) is 2.30. The van der Waals surface area contributed by atoms with Crippen LogP contribution in [0, 0.1) is 0 Å². The Morgan fingerprint density at radius 2 is 1.76 bits per heavy atom. The molecule has 0 spiro atoms. The second-order valence-corrected chi connectivity index (χ2v) is 5.61. The number of hydrogen-bond donors (Lipinski definition) is 1. The molecule has 0 aliphatic carbocycles. The van der Waals surface area contributed by atoms with Crippen molar-refractivity contribution in [2.45, 2.75) is 0 Å². The first-order valence-electron chi connectivity index (χ1n) is 6.67. The maximum atomic E-state index is 11.0. The lowest BCUT2D eigenvalue weighted by atomic mass is 10.2. The van der Waals surface area contributed by atoms with Crippen LogP contribution in [0.15, 0.2) is 72.9 Å². The number of hydrogen-bond acceptors (Lipinski definition) is 6. The molecule has 1 rings (SSSR count). The predicted octanol–water partition coefficient (Wildman–Crippen LogP) is 2.50. The fourth-order valence-corrected chi connectivity index (χ4v) is 1.80. The van der Waals surface area contributed by atoms with E-state index in [-0.39, 0.29) is 5.57 Å². The van der Waals surface area contributed by atoms with Gasteiger partial charge in [0, 0.05) is 6.08 Å². The van der Waals surface area contributed by atoms with Crippen LogP contribution in [0.2, 0.25) is 0 Å². The SMILES string of the molecule is C=C(C=CC(=O)O)C(=O)OC.C=COS(=O)(=O)C=Cc1ccccc1. The van der Waals surface area contributed by atoms with Gasteiger partial charge in [0.2, 0.25) is 0 Å². The lowest BCUT2D eigenvalue weighted by Gasteiger charge is -1.95. The summed E-state index contributed by atoms with van der Waals surface area (Å²) >= 11 is 0. The predicted molar refractivity (Wildman–Crippen MR) is 93.6 cm³/mol. The van der Waals surface area contributed by atoms with E-state index in [0.717, 1.165) is 29.4 Å². The largest absolute Gasteiger partial charge is 0.478 e. The highest BCUT2D eigenvalue weighted by Crippen LogP contribution is 2.04. The summed E-state index contributed by atoms with van der Waals surface area (Å²) in [6.45, 7) is 6.44. The van der Waals surface area contributed by atoms with Gasteiger partial charge < -0.3 is 14.0 Å². The van der Waals surface area contributed by atoms with Crippen molar-refractivity contribution in [1.29, 1.82) is 0 Å². The van der Waals surface area contributed by atoms with E-state index in [2.05, 4.69) is 22.1 Å². The molecule has 0 saturated carbocycles. The van der Waals surface area contributed by atoms with Crippen LogP contribution < -0.4 is 0 Å². The summed E-state index contributed by atoms with van der Waals surface area (Å²) in [6.07, 6.45) is 4.23. The first-order valence-corrected chi connectivity index (χ1v) is 8.14. The minimum absolute atomic E-state index is 0.00917. The molecule has 0 fully saturated rings. The van der Waals surface area contributed by atoms with Crippen LogP contribution in [0.25, 0.3) is 6.08 Å². The highest BCUT2D eigenvalue weighted by Gasteiger charge is 2.02.